The zero-order valence-corrected chi connectivity index (χ0v) is 45.0. The molecule has 0 atom stereocenters. The summed E-state index contributed by atoms with van der Waals surface area (Å²) in [6.45, 7) is 5.26. The van der Waals surface area contributed by atoms with Gasteiger partial charge in [0, 0.05) is 53.9 Å². The molecule has 0 aromatic carbocycles. The van der Waals surface area contributed by atoms with Gasteiger partial charge in [0.05, 0.1) is 65.8 Å². The van der Waals surface area contributed by atoms with E-state index in [9.17, 15) is 38.4 Å². The van der Waals surface area contributed by atoms with Crippen molar-refractivity contribution in [2.75, 3.05) is 51.9 Å². The number of carbonyl (C=O) groups excluding carboxylic acids is 7. The number of esters is 5. The first-order valence-corrected chi connectivity index (χ1v) is 23.7. The number of ether oxygens (including phenoxy) is 6. The van der Waals surface area contributed by atoms with Crippen molar-refractivity contribution in [3.63, 3.8) is 0 Å². The Bertz CT molecular complexity index is 3630. The second-order valence-electron chi connectivity index (χ2n) is 18.5. The number of carboxylic acid groups (broad SMARTS) is 1. The molecule has 0 spiro atoms. The van der Waals surface area contributed by atoms with Gasteiger partial charge >= 0.3 is 41.9 Å². The molecule has 31 heteroatoms. The Labute approximate surface area is 458 Å². The summed E-state index contributed by atoms with van der Waals surface area (Å²) in [6, 6.07) is 11.8. The molecule has 5 N–H and O–H groups in total. The van der Waals surface area contributed by atoms with E-state index in [1.807, 2.05) is 0 Å². The maximum absolute atomic E-state index is 13.2. The standard InChI is InChI=1S/C19H22N4O5.C13H16N4O4.C9H7N3O4.C8H8N4O2.ClH/c1-27-15(24)12-11-14(23-13(21-12)3-10-20-23)22-16(25)18-4-7-19(8-5-18,9-6-18)17(26)28-2;1-13(2,3)21-12(19)16-10-7-8(11(18)20-4)15-9-5-6-14-17(9)10;1-16-9(15)5-4-6(8(13)14)12-7(11-5)2-3-10-12;1-14-8(13)5-4-6(9)12-7(11-5)2-3-10-12;/h3,10-11H,4-9H2,1-2H3,(H,22,25);5-7H,1-4H3,(H,16,19);2-4H,1H3,(H,13,14);2-4H,9H2,1H3;1H. The summed E-state index contributed by atoms with van der Waals surface area (Å²) in [7, 11) is 6.44. The average Bonchev–Trinajstić information content (AvgIpc) is 4.33. The smallest absolute Gasteiger partial charge is 0.413 e. The van der Waals surface area contributed by atoms with Crippen molar-refractivity contribution in [3.05, 3.63) is 102 Å². The van der Waals surface area contributed by atoms with Crippen LogP contribution in [0.3, 0.4) is 0 Å². The van der Waals surface area contributed by atoms with Crippen molar-refractivity contribution in [3.8, 4) is 0 Å². The monoisotopic (exact) mass is 1130 g/mol. The third-order valence-corrected chi connectivity index (χ3v) is 12.5. The van der Waals surface area contributed by atoms with Gasteiger partial charge in [0.15, 0.2) is 51.1 Å². The Kier molecular flexibility index (Phi) is 18.3. The quantitative estimate of drug-likeness (QED) is 0.114. The number of amides is 2. The molecule has 0 saturated heterocycles. The van der Waals surface area contributed by atoms with Crippen LogP contribution in [0.4, 0.5) is 22.2 Å². The SMILES string of the molecule is COC(=O)c1cc(C(=O)O)n2nccc2n1.COC(=O)c1cc(N)n2nccc2n1.COC(=O)c1cc(NC(=O)C23CCC(C(=O)OC)(CC2)CC3)n2nccc2n1.COC(=O)c1cc(NC(=O)OC(C)(C)C)n2nccc2n1.Cl. The van der Waals surface area contributed by atoms with Crippen molar-refractivity contribution in [1.29, 1.82) is 0 Å². The fourth-order valence-electron chi connectivity index (χ4n) is 8.55. The van der Waals surface area contributed by atoms with E-state index >= 15 is 0 Å². The number of fused-ring (bicyclic) bond motifs is 7. The van der Waals surface area contributed by atoms with Crippen LogP contribution in [0.2, 0.25) is 0 Å². The first-order chi connectivity index (χ1) is 37.6. The molecule has 3 saturated carbocycles. The van der Waals surface area contributed by atoms with Crippen LogP contribution in [-0.2, 0) is 38.0 Å². The number of aromatic carboxylic acids is 1. The summed E-state index contributed by atoms with van der Waals surface area (Å²) >= 11 is 0. The van der Waals surface area contributed by atoms with Crippen molar-refractivity contribution in [1.82, 2.24) is 58.4 Å². The molecule has 0 unspecified atom stereocenters. The van der Waals surface area contributed by atoms with Gasteiger partial charge in [0.25, 0.3) is 0 Å². The summed E-state index contributed by atoms with van der Waals surface area (Å²) < 4.78 is 34.0. The lowest BCUT2D eigenvalue weighted by atomic mass is 9.53. The van der Waals surface area contributed by atoms with E-state index in [0.717, 1.165) is 10.6 Å². The lowest BCUT2D eigenvalue weighted by molar-refractivity contribution is -0.165. The highest BCUT2D eigenvalue weighted by Gasteiger charge is 2.56. The van der Waals surface area contributed by atoms with E-state index in [1.54, 1.807) is 51.4 Å². The predicted molar refractivity (Wildman–Crippen MR) is 279 cm³/mol. The van der Waals surface area contributed by atoms with E-state index < -0.39 is 52.4 Å². The fraction of sp³-hybridized carbons (Fsp3) is 0.347. The zero-order valence-electron chi connectivity index (χ0n) is 44.2. The van der Waals surface area contributed by atoms with Crippen LogP contribution in [0.25, 0.3) is 22.6 Å². The second kappa shape index (κ2) is 24.6. The van der Waals surface area contributed by atoms with E-state index in [-0.39, 0.29) is 64.2 Å². The van der Waals surface area contributed by atoms with E-state index in [4.69, 9.17) is 25.1 Å². The molecular weight excluding hydrogens is 1070 g/mol. The predicted octanol–water partition coefficient (Wildman–Crippen LogP) is 4.56. The lowest BCUT2D eigenvalue weighted by Gasteiger charge is -2.50. The van der Waals surface area contributed by atoms with Gasteiger partial charge in [-0.15, -0.1) is 12.4 Å². The zero-order chi connectivity index (χ0) is 57.4. The highest BCUT2D eigenvalue weighted by molar-refractivity contribution is 5.97. The van der Waals surface area contributed by atoms with Crippen molar-refractivity contribution < 1.29 is 71.9 Å². The molecular formula is C49H54ClN15O15. The number of anilines is 3. The molecule has 8 heterocycles. The number of carbonyl (C=O) groups is 8. The van der Waals surface area contributed by atoms with Crippen LogP contribution < -0.4 is 16.4 Å². The number of nitrogens with two attached hydrogens (primary N) is 1. The van der Waals surface area contributed by atoms with Crippen LogP contribution in [0.15, 0.2) is 73.3 Å². The molecule has 2 bridgehead atoms. The average molecular weight is 1130 g/mol. The first-order valence-electron chi connectivity index (χ1n) is 23.7. The number of nitrogens with zero attached hydrogens (tertiary/aromatic N) is 12. The largest absolute Gasteiger partial charge is 0.477 e. The topological polar surface area (TPSA) is 383 Å². The number of hydrogen-bond acceptors (Lipinski definition) is 23. The normalized spacial score (nSPS) is 15.9. The summed E-state index contributed by atoms with van der Waals surface area (Å²) in [5, 5.41) is 30.3. The van der Waals surface area contributed by atoms with Gasteiger partial charge in [-0.25, -0.2) is 53.2 Å². The third kappa shape index (κ3) is 12.9. The molecule has 0 aliphatic heterocycles. The Hall–Kier alpha value is -9.87. The molecule has 2 amide bonds. The molecule has 30 nitrogen and oxygen atoms in total. The Morgan fingerprint density at radius 2 is 0.887 bits per heavy atom. The van der Waals surface area contributed by atoms with Gasteiger partial charge in [-0.3, -0.25) is 14.9 Å². The van der Waals surface area contributed by atoms with Gasteiger partial charge in [0.1, 0.15) is 23.1 Å². The van der Waals surface area contributed by atoms with Crippen molar-refractivity contribution in [2.45, 2.75) is 64.9 Å². The van der Waals surface area contributed by atoms with Crippen LogP contribution in [0.1, 0.15) is 112 Å². The lowest BCUT2D eigenvalue weighted by Crippen LogP contribution is -2.51. The van der Waals surface area contributed by atoms with Gasteiger partial charge < -0.3 is 44.6 Å². The third-order valence-electron chi connectivity index (χ3n) is 12.5. The van der Waals surface area contributed by atoms with Crippen LogP contribution in [0.5, 0.6) is 0 Å². The number of aromatic nitrogens is 12. The summed E-state index contributed by atoms with van der Waals surface area (Å²) in [5.74, 6) is -2.90. The molecule has 8 aromatic rings. The highest BCUT2D eigenvalue weighted by atomic mass is 35.5. The second-order valence-corrected chi connectivity index (χ2v) is 18.5. The van der Waals surface area contributed by atoms with E-state index in [2.05, 4.69) is 65.2 Å². The molecule has 0 radical (unpaired) electrons. The highest BCUT2D eigenvalue weighted by Crippen LogP contribution is 2.57. The van der Waals surface area contributed by atoms with Gasteiger partial charge in [-0.05, 0) is 59.3 Å². The number of nitrogens with one attached hydrogen (secondary N) is 2. The summed E-state index contributed by atoms with van der Waals surface area (Å²) in [5.41, 5.74) is 5.82. The van der Waals surface area contributed by atoms with Gasteiger partial charge in [-0.2, -0.15) is 33.9 Å². The number of nitrogen functional groups attached to an aromatic ring is 1. The Balaban J connectivity index is 0.000000178. The number of methoxy groups -OCH3 is 5. The fourth-order valence-corrected chi connectivity index (χ4v) is 8.55. The molecule has 3 aliphatic carbocycles. The molecule has 3 aliphatic rings. The molecule has 3 fully saturated rings. The number of hydrogen-bond donors (Lipinski definition) is 4. The number of carboxylic acids is 1. The van der Waals surface area contributed by atoms with Crippen molar-refractivity contribution in [2.24, 2.45) is 10.8 Å². The first kappa shape index (κ1) is 59.4. The maximum atomic E-state index is 13.2. The summed E-state index contributed by atoms with van der Waals surface area (Å²) in [6.07, 6.45) is 9.18. The van der Waals surface area contributed by atoms with E-state index in [0.29, 0.717) is 67.1 Å². The minimum Gasteiger partial charge on any atom is -0.477 e. The van der Waals surface area contributed by atoms with Crippen molar-refractivity contribution >= 4 is 100 Å². The Morgan fingerprint density at radius 1 is 0.525 bits per heavy atom. The summed E-state index contributed by atoms with van der Waals surface area (Å²) in [4.78, 5) is 110. The Morgan fingerprint density at radius 3 is 1.30 bits per heavy atom. The van der Waals surface area contributed by atoms with Gasteiger partial charge in [0.2, 0.25) is 5.91 Å². The maximum Gasteiger partial charge on any atom is 0.413 e. The minimum atomic E-state index is -1.19. The molecule has 11 rings (SSSR count). The minimum absolute atomic E-state index is 0. The van der Waals surface area contributed by atoms with E-state index in [1.165, 1.54) is 85.8 Å². The molecule has 422 valence electrons. The number of rotatable bonds is 9. The van der Waals surface area contributed by atoms with Crippen LogP contribution >= 0.6 is 12.4 Å². The molecule has 80 heavy (non-hydrogen) atoms. The van der Waals surface area contributed by atoms with Gasteiger partial charge in [-0.1, -0.05) is 0 Å². The molecule has 8 aromatic heterocycles. The number of halogens is 1. The van der Waals surface area contributed by atoms with Crippen LogP contribution in [0, 0.1) is 10.8 Å². The van der Waals surface area contributed by atoms with Crippen LogP contribution in [-0.4, -0.2) is 152 Å².